The second kappa shape index (κ2) is 6.76. The zero-order valence-electron chi connectivity index (χ0n) is 12.1. The van der Waals surface area contributed by atoms with E-state index in [4.69, 9.17) is 15.6 Å². The summed E-state index contributed by atoms with van der Waals surface area (Å²) < 4.78 is 19.8. The van der Waals surface area contributed by atoms with E-state index in [1.165, 1.54) is 6.07 Å². The van der Waals surface area contributed by atoms with Crippen molar-refractivity contribution >= 4 is 17.3 Å². The standard InChI is InChI=1S/C15H21FN2O3/c1-2-6-21-10-4-3-5-18(9-10)14-7-11(15(19)20)13(17)8-12(14)16/h7-8,10H,2-6,9,17H2,1H3,(H,19,20). The van der Waals surface area contributed by atoms with Gasteiger partial charge >= 0.3 is 5.97 Å². The number of piperidine rings is 1. The highest BCUT2D eigenvalue weighted by atomic mass is 19.1. The molecular formula is C15H21FN2O3. The summed E-state index contributed by atoms with van der Waals surface area (Å²) in [6, 6.07) is 2.39. The zero-order valence-corrected chi connectivity index (χ0v) is 12.1. The third kappa shape index (κ3) is 3.64. The minimum atomic E-state index is -1.15. The molecule has 0 saturated carbocycles. The first-order valence-electron chi connectivity index (χ1n) is 7.21. The Morgan fingerprint density at radius 2 is 2.33 bits per heavy atom. The Morgan fingerprint density at radius 3 is 3.00 bits per heavy atom. The number of carbonyl (C=O) groups is 1. The Kier molecular flexibility index (Phi) is 5.01. The fraction of sp³-hybridized carbons (Fsp3) is 0.533. The van der Waals surface area contributed by atoms with E-state index in [0.29, 0.717) is 19.7 Å². The lowest BCUT2D eigenvalue weighted by Gasteiger charge is -2.34. The number of carboxylic acid groups (broad SMARTS) is 1. The molecule has 3 N–H and O–H groups in total. The summed E-state index contributed by atoms with van der Waals surface area (Å²) in [6.07, 6.45) is 2.83. The summed E-state index contributed by atoms with van der Waals surface area (Å²) in [4.78, 5) is 13.0. The van der Waals surface area contributed by atoms with Gasteiger partial charge in [0.25, 0.3) is 0 Å². The number of nitrogens with zero attached hydrogens (tertiary/aromatic N) is 1. The minimum Gasteiger partial charge on any atom is -0.478 e. The average Bonchev–Trinajstić information content (AvgIpc) is 2.45. The van der Waals surface area contributed by atoms with Gasteiger partial charge in [0.1, 0.15) is 5.82 Å². The molecule has 5 nitrogen and oxygen atoms in total. The van der Waals surface area contributed by atoms with E-state index in [9.17, 15) is 9.18 Å². The summed E-state index contributed by atoms with van der Waals surface area (Å²) >= 11 is 0. The molecule has 0 aliphatic carbocycles. The number of carboxylic acids is 1. The Morgan fingerprint density at radius 1 is 1.57 bits per heavy atom. The van der Waals surface area contributed by atoms with Crippen LogP contribution in [0.2, 0.25) is 0 Å². The third-order valence-corrected chi connectivity index (χ3v) is 3.63. The van der Waals surface area contributed by atoms with Gasteiger partial charge in [0.2, 0.25) is 0 Å². The van der Waals surface area contributed by atoms with Crippen molar-refractivity contribution < 1.29 is 19.0 Å². The van der Waals surface area contributed by atoms with E-state index in [1.807, 2.05) is 11.8 Å². The van der Waals surface area contributed by atoms with Crippen LogP contribution in [0, 0.1) is 5.82 Å². The molecule has 0 radical (unpaired) electrons. The lowest BCUT2D eigenvalue weighted by molar-refractivity contribution is 0.0439. The van der Waals surface area contributed by atoms with Crippen LogP contribution in [0.25, 0.3) is 0 Å². The first-order valence-corrected chi connectivity index (χ1v) is 7.21. The van der Waals surface area contributed by atoms with Gasteiger partial charge in [-0.05, 0) is 31.4 Å². The third-order valence-electron chi connectivity index (χ3n) is 3.63. The Balaban J connectivity index is 2.20. The molecule has 0 bridgehead atoms. The number of benzene rings is 1. The van der Waals surface area contributed by atoms with E-state index in [0.717, 1.165) is 25.3 Å². The van der Waals surface area contributed by atoms with Crippen LogP contribution in [0.4, 0.5) is 15.8 Å². The molecule has 6 heteroatoms. The van der Waals surface area contributed by atoms with Crippen LogP contribution < -0.4 is 10.6 Å². The largest absolute Gasteiger partial charge is 0.478 e. The van der Waals surface area contributed by atoms with Gasteiger partial charge in [-0.3, -0.25) is 0 Å². The molecule has 21 heavy (non-hydrogen) atoms. The van der Waals surface area contributed by atoms with Crippen LogP contribution in [0.1, 0.15) is 36.5 Å². The normalized spacial score (nSPS) is 18.8. The molecule has 2 rings (SSSR count). The van der Waals surface area contributed by atoms with Crippen LogP contribution in [-0.2, 0) is 4.74 Å². The van der Waals surface area contributed by atoms with Gasteiger partial charge < -0.3 is 20.5 Å². The summed E-state index contributed by atoms with van der Waals surface area (Å²) in [6.45, 7) is 3.98. The van der Waals surface area contributed by atoms with E-state index < -0.39 is 11.8 Å². The number of nitrogen functional groups attached to an aromatic ring is 1. The molecule has 1 saturated heterocycles. The number of ether oxygens (including phenoxy) is 1. The molecule has 1 aromatic rings. The highest BCUT2D eigenvalue weighted by Crippen LogP contribution is 2.28. The van der Waals surface area contributed by atoms with Crippen LogP contribution in [0.5, 0.6) is 0 Å². The first kappa shape index (κ1) is 15.6. The van der Waals surface area contributed by atoms with Crippen LogP contribution in [0.15, 0.2) is 12.1 Å². The van der Waals surface area contributed by atoms with Gasteiger partial charge in [-0.15, -0.1) is 0 Å². The van der Waals surface area contributed by atoms with Crippen LogP contribution in [-0.4, -0.2) is 36.9 Å². The van der Waals surface area contributed by atoms with E-state index in [1.54, 1.807) is 0 Å². The molecule has 1 atom stereocenters. The van der Waals surface area contributed by atoms with Crippen molar-refractivity contribution in [2.24, 2.45) is 0 Å². The van der Waals surface area contributed by atoms with Crippen molar-refractivity contribution in [1.82, 2.24) is 0 Å². The molecular weight excluding hydrogens is 275 g/mol. The number of halogens is 1. The fourth-order valence-corrected chi connectivity index (χ4v) is 2.58. The molecule has 0 spiro atoms. The number of anilines is 2. The second-order valence-electron chi connectivity index (χ2n) is 5.28. The number of nitrogens with two attached hydrogens (primary N) is 1. The first-order chi connectivity index (χ1) is 10.0. The van der Waals surface area contributed by atoms with E-state index in [-0.39, 0.29) is 23.0 Å². The van der Waals surface area contributed by atoms with Crippen LogP contribution >= 0.6 is 0 Å². The maximum Gasteiger partial charge on any atom is 0.337 e. The predicted molar refractivity (Wildman–Crippen MR) is 79.2 cm³/mol. The minimum absolute atomic E-state index is 0.0560. The Hall–Kier alpha value is -1.82. The lowest BCUT2D eigenvalue weighted by atomic mass is 10.1. The maximum atomic E-state index is 14.1. The molecule has 1 unspecified atom stereocenters. The SMILES string of the molecule is CCCOC1CCCN(c2cc(C(=O)O)c(N)cc2F)C1. The topological polar surface area (TPSA) is 75.8 Å². The molecule has 1 aliphatic rings. The van der Waals surface area contributed by atoms with Gasteiger partial charge in [0, 0.05) is 25.4 Å². The van der Waals surface area contributed by atoms with Crippen molar-refractivity contribution in [2.45, 2.75) is 32.3 Å². The molecule has 1 heterocycles. The molecule has 0 aromatic heterocycles. The maximum absolute atomic E-state index is 14.1. The second-order valence-corrected chi connectivity index (χ2v) is 5.28. The summed E-state index contributed by atoms with van der Waals surface area (Å²) in [5.41, 5.74) is 5.71. The summed E-state index contributed by atoms with van der Waals surface area (Å²) in [5, 5.41) is 9.10. The van der Waals surface area contributed by atoms with Gasteiger partial charge in [-0.2, -0.15) is 0 Å². The quantitative estimate of drug-likeness (QED) is 0.816. The molecule has 0 amide bonds. The highest BCUT2D eigenvalue weighted by molar-refractivity contribution is 5.95. The number of aromatic carboxylic acids is 1. The number of hydrogen-bond acceptors (Lipinski definition) is 4. The van der Waals surface area contributed by atoms with Crippen molar-refractivity contribution in [3.8, 4) is 0 Å². The molecule has 1 aliphatic heterocycles. The molecule has 1 fully saturated rings. The van der Waals surface area contributed by atoms with Crippen LogP contribution in [0.3, 0.4) is 0 Å². The van der Waals surface area contributed by atoms with Gasteiger partial charge in [-0.25, -0.2) is 9.18 Å². The van der Waals surface area contributed by atoms with Crippen molar-refractivity contribution in [3.63, 3.8) is 0 Å². The summed E-state index contributed by atoms with van der Waals surface area (Å²) in [5.74, 6) is -1.64. The fourth-order valence-electron chi connectivity index (χ4n) is 2.58. The van der Waals surface area contributed by atoms with Gasteiger partial charge in [-0.1, -0.05) is 6.92 Å². The highest BCUT2D eigenvalue weighted by Gasteiger charge is 2.24. The number of rotatable bonds is 5. The average molecular weight is 296 g/mol. The zero-order chi connectivity index (χ0) is 15.4. The van der Waals surface area contributed by atoms with E-state index >= 15 is 0 Å². The van der Waals surface area contributed by atoms with Gasteiger partial charge in [0.05, 0.1) is 17.4 Å². The van der Waals surface area contributed by atoms with Crippen molar-refractivity contribution in [2.75, 3.05) is 30.3 Å². The van der Waals surface area contributed by atoms with Crippen molar-refractivity contribution in [1.29, 1.82) is 0 Å². The number of hydrogen-bond donors (Lipinski definition) is 2. The van der Waals surface area contributed by atoms with E-state index in [2.05, 4.69) is 0 Å². The van der Waals surface area contributed by atoms with Gasteiger partial charge in [0.15, 0.2) is 0 Å². The predicted octanol–water partition coefficient (Wildman–Crippen LogP) is 2.50. The Bertz CT molecular complexity index is 522. The summed E-state index contributed by atoms with van der Waals surface area (Å²) in [7, 11) is 0. The Labute approximate surface area is 123 Å². The lowest BCUT2D eigenvalue weighted by Crippen LogP contribution is -2.40. The molecule has 116 valence electrons. The van der Waals surface area contributed by atoms with Crippen molar-refractivity contribution in [3.05, 3.63) is 23.5 Å². The monoisotopic (exact) mass is 296 g/mol. The molecule has 1 aromatic carbocycles. The smallest absolute Gasteiger partial charge is 0.337 e.